The zero-order valence-electron chi connectivity index (χ0n) is 11.5. The van der Waals surface area contributed by atoms with Gasteiger partial charge in [-0.15, -0.1) is 0 Å². The molecule has 0 aliphatic carbocycles. The largest absolute Gasteiger partial charge is 0.342 e. The van der Waals surface area contributed by atoms with Crippen molar-refractivity contribution in [2.75, 3.05) is 13.1 Å². The molecule has 3 heteroatoms. The second kappa shape index (κ2) is 7.88. The van der Waals surface area contributed by atoms with E-state index in [1.54, 1.807) is 0 Å². The van der Waals surface area contributed by atoms with Gasteiger partial charge in [-0.25, -0.2) is 0 Å². The highest BCUT2D eigenvalue weighted by Crippen LogP contribution is 2.07. The van der Waals surface area contributed by atoms with Gasteiger partial charge in [0.1, 0.15) is 0 Å². The lowest BCUT2D eigenvalue weighted by Gasteiger charge is -2.21. The van der Waals surface area contributed by atoms with Crippen LogP contribution < -0.4 is 5.73 Å². The smallest absolute Gasteiger partial charge is 0.226 e. The SMILES string of the molecule is CCCN(CCC)C(=O)Cc1ccc(CN)cc1. The van der Waals surface area contributed by atoms with E-state index in [9.17, 15) is 4.79 Å². The molecule has 0 radical (unpaired) electrons. The lowest BCUT2D eigenvalue weighted by molar-refractivity contribution is -0.130. The minimum atomic E-state index is 0.221. The highest BCUT2D eigenvalue weighted by molar-refractivity contribution is 5.78. The Morgan fingerprint density at radius 3 is 2.00 bits per heavy atom. The average Bonchev–Trinajstić information content (AvgIpc) is 2.39. The van der Waals surface area contributed by atoms with Crippen molar-refractivity contribution >= 4 is 5.91 Å². The number of hydrogen-bond acceptors (Lipinski definition) is 2. The lowest BCUT2D eigenvalue weighted by atomic mass is 10.1. The molecule has 1 aromatic rings. The first kappa shape index (κ1) is 14.7. The van der Waals surface area contributed by atoms with Crippen molar-refractivity contribution in [1.82, 2.24) is 4.90 Å². The van der Waals surface area contributed by atoms with Gasteiger partial charge in [-0.1, -0.05) is 38.1 Å². The summed E-state index contributed by atoms with van der Waals surface area (Å²) in [4.78, 5) is 14.1. The molecule has 0 unspecified atom stereocenters. The Labute approximate surface area is 110 Å². The van der Waals surface area contributed by atoms with Crippen molar-refractivity contribution in [3.8, 4) is 0 Å². The summed E-state index contributed by atoms with van der Waals surface area (Å²) >= 11 is 0. The quantitative estimate of drug-likeness (QED) is 0.805. The van der Waals surface area contributed by atoms with E-state index >= 15 is 0 Å². The third-order valence-electron chi connectivity index (χ3n) is 2.95. The number of benzene rings is 1. The molecule has 0 aliphatic rings. The van der Waals surface area contributed by atoms with Gasteiger partial charge in [0.15, 0.2) is 0 Å². The molecule has 2 N–H and O–H groups in total. The van der Waals surface area contributed by atoms with E-state index in [4.69, 9.17) is 5.73 Å². The molecule has 1 amide bonds. The van der Waals surface area contributed by atoms with Crippen LogP contribution >= 0.6 is 0 Å². The Bertz CT molecular complexity index is 353. The van der Waals surface area contributed by atoms with Crippen LogP contribution in [0.3, 0.4) is 0 Å². The van der Waals surface area contributed by atoms with Crippen LogP contribution in [0, 0.1) is 0 Å². The van der Waals surface area contributed by atoms with Gasteiger partial charge in [-0.3, -0.25) is 4.79 Å². The molecular formula is C15H24N2O. The number of nitrogens with zero attached hydrogens (tertiary/aromatic N) is 1. The molecule has 0 aliphatic heterocycles. The second-order valence-electron chi connectivity index (χ2n) is 4.58. The predicted molar refractivity (Wildman–Crippen MR) is 75.2 cm³/mol. The summed E-state index contributed by atoms with van der Waals surface area (Å²) in [5.74, 6) is 0.221. The zero-order chi connectivity index (χ0) is 13.4. The van der Waals surface area contributed by atoms with Gasteiger partial charge in [-0.05, 0) is 24.0 Å². The number of hydrogen-bond donors (Lipinski definition) is 1. The second-order valence-corrected chi connectivity index (χ2v) is 4.58. The fourth-order valence-electron chi connectivity index (χ4n) is 1.98. The van der Waals surface area contributed by atoms with Crippen LogP contribution in [-0.2, 0) is 17.8 Å². The van der Waals surface area contributed by atoms with Gasteiger partial charge in [0.25, 0.3) is 0 Å². The summed E-state index contributed by atoms with van der Waals surface area (Å²) in [6, 6.07) is 7.98. The topological polar surface area (TPSA) is 46.3 Å². The lowest BCUT2D eigenvalue weighted by Crippen LogP contribution is -2.33. The van der Waals surface area contributed by atoms with E-state index in [1.807, 2.05) is 29.2 Å². The van der Waals surface area contributed by atoms with Crippen molar-refractivity contribution in [3.63, 3.8) is 0 Å². The summed E-state index contributed by atoms with van der Waals surface area (Å²) in [5, 5.41) is 0. The molecular weight excluding hydrogens is 224 g/mol. The molecule has 0 saturated carbocycles. The summed E-state index contributed by atoms with van der Waals surface area (Å²) in [5.41, 5.74) is 7.72. The van der Waals surface area contributed by atoms with Gasteiger partial charge in [0, 0.05) is 19.6 Å². The molecule has 0 fully saturated rings. The minimum absolute atomic E-state index is 0.221. The molecule has 100 valence electrons. The Balaban J connectivity index is 2.60. The van der Waals surface area contributed by atoms with Crippen molar-refractivity contribution in [2.45, 2.75) is 39.7 Å². The van der Waals surface area contributed by atoms with Gasteiger partial charge in [0.2, 0.25) is 5.91 Å². The maximum absolute atomic E-state index is 12.1. The fourth-order valence-corrected chi connectivity index (χ4v) is 1.98. The molecule has 0 heterocycles. The Hall–Kier alpha value is -1.35. The van der Waals surface area contributed by atoms with Crippen LogP contribution in [0.15, 0.2) is 24.3 Å². The van der Waals surface area contributed by atoms with Crippen molar-refractivity contribution < 1.29 is 4.79 Å². The summed E-state index contributed by atoms with van der Waals surface area (Å²) in [7, 11) is 0. The maximum Gasteiger partial charge on any atom is 0.226 e. The molecule has 0 aromatic heterocycles. The standard InChI is InChI=1S/C15H24N2O/c1-3-9-17(10-4-2)15(18)11-13-5-7-14(12-16)8-6-13/h5-8H,3-4,9-12,16H2,1-2H3. The van der Waals surface area contributed by atoms with Crippen LogP contribution in [0.25, 0.3) is 0 Å². The van der Waals surface area contributed by atoms with Gasteiger partial charge in [0.05, 0.1) is 6.42 Å². The maximum atomic E-state index is 12.1. The normalized spacial score (nSPS) is 10.4. The number of nitrogens with two attached hydrogens (primary N) is 1. The number of carbonyl (C=O) groups excluding carboxylic acids is 1. The average molecular weight is 248 g/mol. The molecule has 0 saturated heterocycles. The monoisotopic (exact) mass is 248 g/mol. The molecule has 3 nitrogen and oxygen atoms in total. The molecule has 0 bridgehead atoms. The molecule has 0 atom stereocenters. The van der Waals surface area contributed by atoms with Crippen LogP contribution in [0.4, 0.5) is 0 Å². The first-order valence-corrected chi connectivity index (χ1v) is 6.76. The minimum Gasteiger partial charge on any atom is -0.342 e. The van der Waals surface area contributed by atoms with Crippen molar-refractivity contribution in [2.24, 2.45) is 5.73 Å². The molecule has 18 heavy (non-hydrogen) atoms. The van der Waals surface area contributed by atoms with Crippen LogP contribution in [0.2, 0.25) is 0 Å². The first-order chi connectivity index (χ1) is 8.71. The van der Waals surface area contributed by atoms with E-state index in [2.05, 4.69) is 13.8 Å². The predicted octanol–water partition coefficient (Wildman–Crippen LogP) is 2.34. The highest BCUT2D eigenvalue weighted by atomic mass is 16.2. The summed E-state index contributed by atoms with van der Waals surface area (Å²) < 4.78 is 0. The van der Waals surface area contributed by atoms with Crippen molar-refractivity contribution in [1.29, 1.82) is 0 Å². The van der Waals surface area contributed by atoms with E-state index < -0.39 is 0 Å². The van der Waals surface area contributed by atoms with Crippen LogP contribution in [-0.4, -0.2) is 23.9 Å². The number of rotatable bonds is 7. The summed E-state index contributed by atoms with van der Waals surface area (Å²) in [6.45, 7) is 6.46. The van der Waals surface area contributed by atoms with Gasteiger partial charge in [-0.2, -0.15) is 0 Å². The zero-order valence-corrected chi connectivity index (χ0v) is 11.5. The van der Waals surface area contributed by atoms with Crippen LogP contribution in [0.1, 0.15) is 37.8 Å². The van der Waals surface area contributed by atoms with E-state index in [1.165, 1.54) is 0 Å². The van der Waals surface area contributed by atoms with Crippen LogP contribution in [0.5, 0.6) is 0 Å². The number of carbonyl (C=O) groups is 1. The highest BCUT2D eigenvalue weighted by Gasteiger charge is 2.11. The van der Waals surface area contributed by atoms with E-state index in [-0.39, 0.29) is 5.91 Å². The number of amides is 1. The Kier molecular flexibility index (Phi) is 6.44. The summed E-state index contributed by atoms with van der Waals surface area (Å²) in [6.07, 6.45) is 2.51. The third kappa shape index (κ3) is 4.49. The fraction of sp³-hybridized carbons (Fsp3) is 0.533. The first-order valence-electron chi connectivity index (χ1n) is 6.76. The van der Waals surface area contributed by atoms with Crippen molar-refractivity contribution in [3.05, 3.63) is 35.4 Å². The third-order valence-corrected chi connectivity index (χ3v) is 2.95. The van der Waals surface area contributed by atoms with E-state index in [0.29, 0.717) is 13.0 Å². The molecule has 1 rings (SSSR count). The van der Waals surface area contributed by atoms with E-state index in [0.717, 1.165) is 37.1 Å². The Morgan fingerprint density at radius 2 is 1.56 bits per heavy atom. The van der Waals surface area contributed by atoms with Gasteiger partial charge >= 0.3 is 0 Å². The Morgan fingerprint density at radius 1 is 1.06 bits per heavy atom. The van der Waals surface area contributed by atoms with Gasteiger partial charge < -0.3 is 10.6 Å². The molecule has 1 aromatic carbocycles. The molecule has 0 spiro atoms.